The van der Waals surface area contributed by atoms with E-state index in [1.807, 2.05) is 0 Å². The molecule has 1 saturated heterocycles. The molecule has 0 aromatic rings. The molecule has 0 N–H and O–H groups in total. The molecule has 0 spiro atoms. The van der Waals surface area contributed by atoms with Crippen molar-refractivity contribution in [2.24, 2.45) is 0 Å². The predicted octanol–water partition coefficient (Wildman–Crippen LogP) is 11.2. The monoisotopic (exact) mass is 478 g/mol. The topological polar surface area (TPSA) is 26.3 Å². The van der Waals surface area contributed by atoms with E-state index in [9.17, 15) is 4.79 Å². The van der Waals surface area contributed by atoms with Gasteiger partial charge in [-0.05, 0) is 25.7 Å². The fourth-order valence-corrected chi connectivity index (χ4v) is 5.65. The van der Waals surface area contributed by atoms with Crippen molar-refractivity contribution in [3.8, 4) is 0 Å². The maximum atomic E-state index is 11.5. The Hall–Kier alpha value is -0.530. The van der Waals surface area contributed by atoms with E-state index in [2.05, 4.69) is 13.8 Å². The Bertz CT molecular complexity index is 436. The number of hydrogen-bond donors (Lipinski definition) is 0. The maximum Gasteiger partial charge on any atom is 0.310 e. The molecule has 0 aromatic heterocycles. The maximum absolute atomic E-state index is 11.5. The number of carbonyl (C=O) groups excluding carboxylic acids is 1. The molecule has 0 amide bonds. The number of cyclic esters (lactones) is 1. The second-order valence-electron chi connectivity index (χ2n) is 11.5. The highest BCUT2D eigenvalue weighted by atomic mass is 16.6. The fourth-order valence-electron chi connectivity index (χ4n) is 5.65. The second-order valence-corrected chi connectivity index (χ2v) is 11.5. The van der Waals surface area contributed by atoms with Crippen LogP contribution in [0.15, 0.2) is 0 Å². The van der Waals surface area contributed by atoms with Gasteiger partial charge in [-0.3, -0.25) is 4.79 Å². The Kier molecular flexibility index (Phi) is 21.2. The van der Waals surface area contributed by atoms with Gasteiger partial charge in [-0.2, -0.15) is 0 Å². The quantitative estimate of drug-likeness (QED) is 0.0866. The van der Waals surface area contributed by atoms with Gasteiger partial charge in [0.1, 0.15) is 5.60 Å². The van der Waals surface area contributed by atoms with Crippen molar-refractivity contribution < 1.29 is 9.53 Å². The van der Waals surface area contributed by atoms with Crippen molar-refractivity contribution in [3.63, 3.8) is 0 Å². The summed E-state index contributed by atoms with van der Waals surface area (Å²) in [6.45, 7) is 4.58. The number of esters is 1. The molecule has 1 heterocycles. The Morgan fingerprint density at radius 3 is 0.941 bits per heavy atom. The lowest BCUT2D eigenvalue weighted by molar-refractivity contribution is -0.194. The summed E-state index contributed by atoms with van der Waals surface area (Å²) in [5.74, 6) is 0.0358. The van der Waals surface area contributed by atoms with Crippen LogP contribution >= 0.6 is 0 Å². The van der Waals surface area contributed by atoms with Crippen LogP contribution in [-0.2, 0) is 9.53 Å². The van der Waals surface area contributed by atoms with Crippen LogP contribution in [0.3, 0.4) is 0 Å². The molecule has 1 atom stereocenters. The first-order chi connectivity index (χ1) is 16.7. The first-order valence-electron chi connectivity index (χ1n) is 15.9. The third-order valence-electron chi connectivity index (χ3n) is 8.02. The smallest absolute Gasteiger partial charge is 0.310 e. The lowest BCUT2D eigenvalue weighted by Crippen LogP contribution is -2.47. The van der Waals surface area contributed by atoms with E-state index in [1.54, 1.807) is 0 Å². The van der Waals surface area contributed by atoms with Crippen LogP contribution < -0.4 is 0 Å². The SMILES string of the molecule is CCCCCCCCCCCCCCCC1(CCCCCCCCCCCCCC)CC(=O)O1. The van der Waals surface area contributed by atoms with Crippen LogP contribution in [0.1, 0.15) is 194 Å². The molecular weight excluding hydrogens is 416 g/mol. The standard InChI is InChI=1S/C32H62O2/c1-3-5-7-9-11-13-15-17-19-21-23-25-27-29-32(30-31(33)34-32)28-26-24-22-20-18-16-14-12-10-8-6-4-2/h3-30H2,1-2H3. The van der Waals surface area contributed by atoms with E-state index in [0.29, 0.717) is 6.42 Å². The highest BCUT2D eigenvalue weighted by Crippen LogP contribution is 2.38. The van der Waals surface area contributed by atoms with Gasteiger partial charge in [-0.15, -0.1) is 0 Å². The molecular formula is C32H62O2. The van der Waals surface area contributed by atoms with Gasteiger partial charge in [-0.25, -0.2) is 0 Å². The number of ether oxygens (including phenoxy) is 1. The Morgan fingerprint density at radius 2 is 0.706 bits per heavy atom. The van der Waals surface area contributed by atoms with Gasteiger partial charge in [0, 0.05) is 0 Å². The molecule has 202 valence electrons. The van der Waals surface area contributed by atoms with Crippen molar-refractivity contribution in [2.75, 3.05) is 0 Å². The van der Waals surface area contributed by atoms with E-state index in [4.69, 9.17) is 4.74 Å². The van der Waals surface area contributed by atoms with Crippen LogP contribution in [0, 0.1) is 0 Å². The largest absolute Gasteiger partial charge is 0.458 e. The minimum absolute atomic E-state index is 0.0358. The Balaban J connectivity index is 1.90. The summed E-state index contributed by atoms with van der Waals surface area (Å²) in [5, 5.41) is 0. The lowest BCUT2D eigenvalue weighted by atomic mass is 9.83. The summed E-state index contributed by atoms with van der Waals surface area (Å²) >= 11 is 0. The molecule has 34 heavy (non-hydrogen) atoms. The third kappa shape index (κ3) is 17.8. The average Bonchev–Trinajstić information content (AvgIpc) is 2.81. The molecule has 0 radical (unpaired) electrons. The molecule has 0 aromatic carbocycles. The highest BCUT2D eigenvalue weighted by Gasteiger charge is 2.44. The van der Waals surface area contributed by atoms with Gasteiger partial charge in [0.25, 0.3) is 0 Å². The van der Waals surface area contributed by atoms with Crippen LogP contribution in [0.2, 0.25) is 0 Å². The van der Waals surface area contributed by atoms with Crippen molar-refractivity contribution in [2.45, 2.75) is 199 Å². The van der Waals surface area contributed by atoms with Crippen molar-refractivity contribution in [1.29, 1.82) is 0 Å². The van der Waals surface area contributed by atoms with Crippen molar-refractivity contribution in [1.82, 2.24) is 0 Å². The van der Waals surface area contributed by atoms with Crippen LogP contribution in [0.5, 0.6) is 0 Å². The normalized spacial score (nSPS) is 17.6. The van der Waals surface area contributed by atoms with Gasteiger partial charge in [0.05, 0.1) is 6.42 Å². The van der Waals surface area contributed by atoms with Gasteiger partial charge < -0.3 is 4.74 Å². The molecule has 1 rings (SSSR count). The minimum Gasteiger partial charge on any atom is -0.458 e. The molecule has 2 heteroatoms. The lowest BCUT2D eigenvalue weighted by Gasteiger charge is -2.41. The first-order valence-corrected chi connectivity index (χ1v) is 15.9. The molecule has 0 aliphatic carbocycles. The van der Waals surface area contributed by atoms with E-state index in [0.717, 1.165) is 12.8 Å². The third-order valence-corrected chi connectivity index (χ3v) is 8.02. The summed E-state index contributed by atoms with van der Waals surface area (Å²) in [6.07, 6.45) is 37.6. The molecule has 0 saturated carbocycles. The summed E-state index contributed by atoms with van der Waals surface area (Å²) in [7, 11) is 0. The van der Waals surface area contributed by atoms with Crippen LogP contribution in [0.4, 0.5) is 0 Å². The number of rotatable bonds is 27. The summed E-state index contributed by atoms with van der Waals surface area (Å²) in [4.78, 5) is 11.5. The average molecular weight is 479 g/mol. The van der Waals surface area contributed by atoms with Crippen molar-refractivity contribution in [3.05, 3.63) is 0 Å². The minimum atomic E-state index is -0.0760. The zero-order valence-corrected chi connectivity index (χ0v) is 23.6. The van der Waals surface area contributed by atoms with Crippen LogP contribution in [0.25, 0.3) is 0 Å². The molecule has 1 fully saturated rings. The molecule has 2 nitrogen and oxygen atoms in total. The van der Waals surface area contributed by atoms with E-state index in [-0.39, 0.29) is 11.6 Å². The number of carbonyl (C=O) groups is 1. The van der Waals surface area contributed by atoms with E-state index < -0.39 is 0 Å². The summed E-state index contributed by atoms with van der Waals surface area (Å²) in [6, 6.07) is 0. The fraction of sp³-hybridized carbons (Fsp3) is 0.969. The molecule has 1 aliphatic heterocycles. The summed E-state index contributed by atoms with van der Waals surface area (Å²) in [5.41, 5.74) is -0.0760. The van der Waals surface area contributed by atoms with Gasteiger partial charge in [0.15, 0.2) is 0 Å². The van der Waals surface area contributed by atoms with Crippen LogP contribution in [-0.4, -0.2) is 11.6 Å². The van der Waals surface area contributed by atoms with Gasteiger partial charge >= 0.3 is 5.97 Å². The zero-order chi connectivity index (χ0) is 24.6. The first kappa shape index (κ1) is 31.5. The second kappa shape index (κ2) is 22.9. The van der Waals surface area contributed by atoms with E-state index >= 15 is 0 Å². The molecule has 0 bridgehead atoms. The van der Waals surface area contributed by atoms with Gasteiger partial charge in [0.2, 0.25) is 0 Å². The number of hydrogen-bond acceptors (Lipinski definition) is 2. The Labute approximate surface area is 214 Å². The van der Waals surface area contributed by atoms with Gasteiger partial charge in [-0.1, -0.05) is 162 Å². The molecule has 1 aliphatic rings. The highest BCUT2D eigenvalue weighted by molar-refractivity contribution is 5.76. The Morgan fingerprint density at radius 1 is 0.471 bits per heavy atom. The van der Waals surface area contributed by atoms with E-state index in [1.165, 1.54) is 161 Å². The zero-order valence-electron chi connectivity index (χ0n) is 23.6. The molecule has 1 unspecified atom stereocenters. The predicted molar refractivity (Wildman–Crippen MR) is 149 cm³/mol. The van der Waals surface area contributed by atoms with Crippen molar-refractivity contribution >= 4 is 5.97 Å². The number of unbranched alkanes of at least 4 members (excludes halogenated alkanes) is 23. The summed E-state index contributed by atoms with van der Waals surface area (Å²) < 4.78 is 5.69.